The summed E-state index contributed by atoms with van der Waals surface area (Å²) in [5, 5.41) is 8.50. The standard InChI is InChI=1S/C13H20N2OS/c1-10(8-12-5-3-7-17-12)15-13(16)9-11-4-2-6-14-11/h3,5,7,10-11,14H,2,4,6,8-9H2,1H3,(H,15,16). The van der Waals surface area contributed by atoms with Crippen molar-refractivity contribution in [1.82, 2.24) is 10.6 Å². The summed E-state index contributed by atoms with van der Waals surface area (Å²) in [4.78, 5) is 13.1. The van der Waals surface area contributed by atoms with Gasteiger partial charge < -0.3 is 10.6 Å². The molecule has 0 radical (unpaired) electrons. The van der Waals surface area contributed by atoms with E-state index in [0.29, 0.717) is 12.5 Å². The molecule has 2 rings (SSSR count). The van der Waals surface area contributed by atoms with Crippen LogP contribution < -0.4 is 10.6 Å². The number of hydrogen-bond acceptors (Lipinski definition) is 3. The second kappa shape index (κ2) is 6.17. The highest BCUT2D eigenvalue weighted by atomic mass is 32.1. The van der Waals surface area contributed by atoms with Crippen LogP contribution in [0.3, 0.4) is 0 Å². The summed E-state index contributed by atoms with van der Waals surface area (Å²) >= 11 is 1.75. The highest BCUT2D eigenvalue weighted by molar-refractivity contribution is 7.09. The molecule has 4 heteroatoms. The van der Waals surface area contributed by atoms with E-state index >= 15 is 0 Å². The second-order valence-corrected chi connectivity index (χ2v) is 5.78. The molecule has 94 valence electrons. The van der Waals surface area contributed by atoms with Crippen molar-refractivity contribution < 1.29 is 4.79 Å². The molecule has 1 aliphatic rings. The van der Waals surface area contributed by atoms with Gasteiger partial charge in [-0.3, -0.25) is 4.79 Å². The Hall–Kier alpha value is -0.870. The zero-order chi connectivity index (χ0) is 12.1. The molecule has 2 N–H and O–H groups in total. The van der Waals surface area contributed by atoms with Crippen molar-refractivity contribution in [2.24, 2.45) is 0 Å². The smallest absolute Gasteiger partial charge is 0.221 e. The third kappa shape index (κ3) is 4.13. The summed E-state index contributed by atoms with van der Waals surface area (Å²) in [6, 6.07) is 4.79. The number of nitrogens with one attached hydrogen (secondary N) is 2. The molecule has 1 saturated heterocycles. The lowest BCUT2D eigenvalue weighted by atomic mass is 10.1. The minimum atomic E-state index is 0.174. The minimum absolute atomic E-state index is 0.174. The van der Waals surface area contributed by atoms with Crippen LogP contribution in [-0.4, -0.2) is 24.5 Å². The quantitative estimate of drug-likeness (QED) is 0.841. The first kappa shape index (κ1) is 12.6. The van der Waals surface area contributed by atoms with Crippen LogP contribution in [0.1, 0.15) is 31.1 Å². The van der Waals surface area contributed by atoms with E-state index in [0.717, 1.165) is 19.4 Å². The Morgan fingerprint density at radius 2 is 2.59 bits per heavy atom. The van der Waals surface area contributed by atoms with Crippen LogP contribution in [0.25, 0.3) is 0 Å². The third-order valence-electron chi connectivity index (χ3n) is 3.09. The van der Waals surface area contributed by atoms with E-state index in [1.54, 1.807) is 11.3 Å². The SMILES string of the molecule is CC(Cc1cccs1)NC(=O)CC1CCCN1. The lowest BCUT2D eigenvalue weighted by Crippen LogP contribution is -2.37. The first-order chi connectivity index (χ1) is 8.24. The zero-order valence-corrected chi connectivity index (χ0v) is 11.1. The van der Waals surface area contributed by atoms with Gasteiger partial charge in [0.15, 0.2) is 0 Å². The van der Waals surface area contributed by atoms with E-state index in [1.165, 1.54) is 11.3 Å². The van der Waals surface area contributed by atoms with Crippen LogP contribution in [0.4, 0.5) is 0 Å². The van der Waals surface area contributed by atoms with Gasteiger partial charge >= 0.3 is 0 Å². The normalized spacial score (nSPS) is 21.4. The molecule has 3 nitrogen and oxygen atoms in total. The summed E-state index contributed by atoms with van der Waals surface area (Å²) in [5.41, 5.74) is 0. The Morgan fingerprint density at radius 1 is 1.71 bits per heavy atom. The van der Waals surface area contributed by atoms with E-state index in [-0.39, 0.29) is 11.9 Å². The average molecular weight is 252 g/mol. The monoisotopic (exact) mass is 252 g/mol. The summed E-state index contributed by atoms with van der Waals surface area (Å²) in [6.45, 7) is 3.13. The lowest BCUT2D eigenvalue weighted by Gasteiger charge is -2.15. The molecule has 0 spiro atoms. The molecule has 0 saturated carbocycles. The highest BCUT2D eigenvalue weighted by Gasteiger charge is 2.18. The Kier molecular flexibility index (Phi) is 4.57. The first-order valence-corrected chi connectivity index (χ1v) is 7.17. The Morgan fingerprint density at radius 3 is 3.24 bits per heavy atom. The van der Waals surface area contributed by atoms with Gasteiger partial charge in [-0.05, 0) is 37.8 Å². The number of carbonyl (C=O) groups is 1. The third-order valence-corrected chi connectivity index (χ3v) is 3.99. The van der Waals surface area contributed by atoms with Gasteiger partial charge in [-0.1, -0.05) is 6.07 Å². The van der Waals surface area contributed by atoms with Crippen LogP contribution in [0.5, 0.6) is 0 Å². The largest absolute Gasteiger partial charge is 0.353 e. The Bertz CT molecular complexity index is 344. The van der Waals surface area contributed by atoms with Crippen molar-refractivity contribution in [3.05, 3.63) is 22.4 Å². The molecule has 1 aliphatic heterocycles. The van der Waals surface area contributed by atoms with Crippen LogP contribution in [0, 0.1) is 0 Å². The van der Waals surface area contributed by atoms with Gasteiger partial charge in [0.05, 0.1) is 0 Å². The maximum Gasteiger partial charge on any atom is 0.221 e. The average Bonchev–Trinajstić information content (AvgIpc) is 2.90. The van der Waals surface area contributed by atoms with Gasteiger partial charge in [0.2, 0.25) is 5.91 Å². The summed E-state index contributed by atoms with van der Waals surface area (Å²) in [7, 11) is 0. The zero-order valence-electron chi connectivity index (χ0n) is 10.2. The fourth-order valence-electron chi connectivity index (χ4n) is 2.27. The van der Waals surface area contributed by atoms with Crippen LogP contribution in [0.2, 0.25) is 0 Å². The Labute approximate surface area is 107 Å². The predicted octanol–water partition coefficient (Wildman–Crippen LogP) is 1.94. The lowest BCUT2D eigenvalue weighted by molar-refractivity contribution is -0.122. The van der Waals surface area contributed by atoms with Crippen LogP contribution in [-0.2, 0) is 11.2 Å². The molecule has 2 atom stereocenters. The molecular weight excluding hydrogens is 232 g/mol. The summed E-state index contributed by atoms with van der Waals surface area (Å²) < 4.78 is 0. The van der Waals surface area contributed by atoms with E-state index in [4.69, 9.17) is 0 Å². The van der Waals surface area contributed by atoms with E-state index < -0.39 is 0 Å². The number of carbonyl (C=O) groups excluding carboxylic acids is 1. The van der Waals surface area contributed by atoms with Crippen molar-refractivity contribution in [1.29, 1.82) is 0 Å². The van der Waals surface area contributed by atoms with Gasteiger partial charge in [-0.25, -0.2) is 0 Å². The highest BCUT2D eigenvalue weighted by Crippen LogP contribution is 2.12. The number of hydrogen-bond donors (Lipinski definition) is 2. The Balaban J connectivity index is 1.70. The molecule has 17 heavy (non-hydrogen) atoms. The number of thiophene rings is 1. The minimum Gasteiger partial charge on any atom is -0.353 e. The van der Waals surface area contributed by atoms with Crippen LogP contribution in [0.15, 0.2) is 17.5 Å². The molecule has 0 aliphatic carbocycles. The predicted molar refractivity (Wildman–Crippen MR) is 71.3 cm³/mol. The van der Waals surface area contributed by atoms with Gasteiger partial charge in [-0.15, -0.1) is 11.3 Å². The number of amides is 1. The van der Waals surface area contributed by atoms with Crippen LogP contribution >= 0.6 is 11.3 Å². The van der Waals surface area contributed by atoms with E-state index in [1.807, 2.05) is 0 Å². The maximum absolute atomic E-state index is 11.8. The molecule has 0 bridgehead atoms. The van der Waals surface area contributed by atoms with Crippen molar-refractivity contribution in [2.45, 2.75) is 44.7 Å². The molecule has 1 aromatic rings. The molecule has 2 unspecified atom stereocenters. The topological polar surface area (TPSA) is 41.1 Å². The van der Waals surface area contributed by atoms with E-state index in [9.17, 15) is 4.79 Å². The molecular formula is C13H20N2OS. The molecule has 1 amide bonds. The van der Waals surface area contributed by atoms with Crippen molar-refractivity contribution >= 4 is 17.2 Å². The second-order valence-electron chi connectivity index (χ2n) is 4.75. The van der Waals surface area contributed by atoms with Crippen molar-refractivity contribution in [2.75, 3.05) is 6.54 Å². The maximum atomic E-state index is 11.8. The van der Waals surface area contributed by atoms with Crippen molar-refractivity contribution in [3.63, 3.8) is 0 Å². The van der Waals surface area contributed by atoms with Gasteiger partial charge in [-0.2, -0.15) is 0 Å². The van der Waals surface area contributed by atoms with Crippen molar-refractivity contribution in [3.8, 4) is 0 Å². The first-order valence-electron chi connectivity index (χ1n) is 6.29. The van der Waals surface area contributed by atoms with Gasteiger partial charge in [0.1, 0.15) is 0 Å². The fraction of sp³-hybridized carbons (Fsp3) is 0.615. The van der Waals surface area contributed by atoms with E-state index in [2.05, 4.69) is 35.1 Å². The number of rotatable bonds is 5. The van der Waals surface area contributed by atoms with Gasteiger partial charge in [0.25, 0.3) is 0 Å². The summed E-state index contributed by atoms with van der Waals surface area (Å²) in [5.74, 6) is 0.174. The molecule has 0 aromatic carbocycles. The van der Waals surface area contributed by atoms with Gasteiger partial charge in [0, 0.05) is 29.8 Å². The summed E-state index contributed by atoms with van der Waals surface area (Å²) in [6.07, 6.45) is 3.88. The molecule has 1 aromatic heterocycles. The fourth-order valence-corrected chi connectivity index (χ4v) is 3.11. The molecule has 2 heterocycles. The molecule has 1 fully saturated rings.